The fourth-order valence-corrected chi connectivity index (χ4v) is 1.65. The Bertz CT molecular complexity index is 513. The van der Waals surface area contributed by atoms with Gasteiger partial charge in [0.25, 0.3) is 0 Å². The van der Waals surface area contributed by atoms with Crippen molar-refractivity contribution >= 4 is 0 Å². The summed E-state index contributed by atoms with van der Waals surface area (Å²) in [6.45, 7) is 2.13. The number of tetrazole rings is 1. The van der Waals surface area contributed by atoms with E-state index in [9.17, 15) is 5.11 Å². The minimum absolute atomic E-state index is 0.444. The molecule has 2 heterocycles. The van der Waals surface area contributed by atoms with Crippen molar-refractivity contribution in [1.29, 1.82) is 0 Å². The molecule has 0 bridgehead atoms. The number of nitrogens with zero attached hydrogens (tertiary/aromatic N) is 7. The topological polar surface area (TPSA) is 94.5 Å². The van der Waals surface area contributed by atoms with Gasteiger partial charge in [-0.25, -0.2) is 9.36 Å². The van der Waals surface area contributed by atoms with Crippen LogP contribution in [0.15, 0.2) is 6.20 Å². The monoisotopic (exact) mass is 235 g/mol. The Morgan fingerprint density at radius 3 is 2.88 bits per heavy atom. The molecule has 0 aromatic carbocycles. The Hall–Kier alpha value is -1.83. The van der Waals surface area contributed by atoms with Crippen LogP contribution < -0.4 is 0 Å². The lowest BCUT2D eigenvalue weighted by Gasteiger charge is -2.01. The third-order valence-corrected chi connectivity index (χ3v) is 2.74. The third kappa shape index (κ3) is 2.03. The van der Waals surface area contributed by atoms with E-state index in [-0.39, 0.29) is 0 Å². The first kappa shape index (κ1) is 10.3. The highest BCUT2D eigenvalue weighted by Gasteiger charge is 2.27. The molecule has 90 valence electrons. The Morgan fingerprint density at radius 2 is 2.24 bits per heavy atom. The predicted molar refractivity (Wildman–Crippen MR) is 55.8 cm³/mol. The number of hydrogen-bond donors (Lipinski definition) is 1. The summed E-state index contributed by atoms with van der Waals surface area (Å²) in [5, 5.41) is 28.8. The van der Waals surface area contributed by atoms with Crippen molar-refractivity contribution in [3.05, 3.63) is 17.7 Å². The number of aliphatic hydroxyl groups is 1. The van der Waals surface area contributed by atoms with E-state index in [0.29, 0.717) is 18.3 Å². The lowest BCUT2D eigenvalue weighted by Crippen LogP contribution is -2.09. The largest absolute Gasteiger partial charge is 0.387 e. The van der Waals surface area contributed by atoms with E-state index in [2.05, 4.69) is 25.8 Å². The molecule has 0 spiro atoms. The van der Waals surface area contributed by atoms with Gasteiger partial charge >= 0.3 is 0 Å². The second kappa shape index (κ2) is 3.88. The van der Waals surface area contributed by atoms with Gasteiger partial charge in [0.05, 0.1) is 18.3 Å². The van der Waals surface area contributed by atoms with Gasteiger partial charge in [0, 0.05) is 0 Å². The number of aliphatic hydroxyl groups excluding tert-OH is 1. The minimum atomic E-state index is -0.608. The van der Waals surface area contributed by atoms with Crippen LogP contribution in [-0.2, 0) is 6.54 Å². The maximum Gasteiger partial charge on any atom is 0.173 e. The number of hydrogen-bond acceptors (Lipinski definition) is 6. The van der Waals surface area contributed by atoms with Gasteiger partial charge in [0.1, 0.15) is 12.2 Å². The van der Waals surface area contributed by atoms with E-state index < -0.39 is 6.10 Å². The fraction of sp³-hybridized carbons (Fsp3) is 0.667. The third-order valence-electron chi connectivity index (χ3n) is 2.74. The molecular weight excluding hydrogens is 222 g/mol. The molecule has 8 heteroatoms. The van der Waals surface area contributed by atoms with E-state index >= 15 is 0 Å². The molecular formula is C9H13N7O. The van der Waals surface area contributed by atoms with Gasteiger partial charge < -0.3 is 5.11 Å². The van der Waals surface area contributed by atoms with Gasteiger partial charge in [0.2, 0.25) is 0 Å². The van der Waals surface area contributed by atoms with Crippen LogP contribution >= 0.6 is 0 Å². The molecule has 0 radical (unpaired) electrons. The maximum atomic E-state index is 9.35. The molecule has 2 aromatic rings. The van der Waals surface area contributed by atoms with Crippen molar-refractivity contribution < 1.29 is 5.11 Å². The Morgan fingerprint density at radius 1 is 1.41 bits per heavy atom. The molecule has 1 aliphatic carbocycles. The fourth-order valence-electron chi connectivity index (χ4n) is 1.65. The quantitative estimate of drug-likeness (QED) is 0.781. The van der Waals surface area contributed by atoms with E-state index in [1.54, 1.807) is 17.8 Å². The zero-order valence-corrected chi connectivity index (χ0v) is 9.43. The van der Waals surface area contributed by atoms with Crippen molar-refractivity contribution in [2.45, 2.75) is 38.5 Å². The van der Waals surface area contributed by atoms with Crippen molar-refractivity contribution in [2.24, 2.45) is 0 Å². The van der Waals surface area contributed by atoms with Crippen LogP contribution in [0.5, 0.6) is 0 Å². The number of aromatic nitrogens is 7. The van der Waals surface area contributed by atoms with Gasteiger partial charge in [-0.05, 0) is 30.2 Å². The highest BCUT2D eigenvalue weighted by atomic mass is 16.3. The molecule has 0 aliphatic heterocycles. The van der Waals surface area contributed by atoms with Crippen molar-refractivity contribution in [1.82, 2.24) is 35.2 Å². The molecule has 1 saturated carbocycles. The van der Waals surface area contributed by atoms with E-state index in [1.165, 1.54) is 0 Å². The van der Waals surface area contributed by atoms with Crippen LogP contribution in [0.3, 0.4) is 0 Å². The van der Waals surface area contributed by atoms with Gasteiger partial charge in [-0.1, -0.05) is 5.21 Å². The van der Waals surface area contributed by atoms with Crippen LogP contribution in [0.25, 0.3) is 0 Å². The van der Waals surface area contributed by atoms with Crippen molar-refractivity contribution in [3.63, 3.8) is 0 Å². The molecule has 3 rings (SSSR count). The highest BCUT2D eigenvalue weighted by molar-refractivity contribution is 4.98. The predicted octanol–water partition coefficient (Wildman–Crippen LogP) is -0.299. The summed E-state index contributed by atoms with van der Waals surface area (Å²) >= 11 is 0. The highest BCUT2D eigenvalue weighted by Crippen LogP contribution is 2.34. The Labute approximate surface area is 97.2 Å². The van der Waals surface area contributed by atoms with E-state index in [4.69, 9.17) is 0 Å². The van der Waals surface area contributed by atoms with Gasteiger partial charge in [-0.2, -0.15) is 0 Å². The summed E-state index contributed by atoms with van der Waals surface area (Å²) in [7, 11) is 0. The SMILES string of the molecule is CC(O)c1cn(Cc2nnnn2C2CC2)nn1. The molecule has 1 unspecified atom stereocenters. The van der Waals surface area contributed by atoms with Crippen LogP contribution in [0.2, 0.25) is 0 Å². The summed E-state index contributed by atoms with van der Waals surface area (Å²) < 4.78 is 3.47. The number of rotatable bonds is 4. The zero-order chi connectivity index (χ0) is 11.8. The average molecular weight is 235 g/mol. The Balaban J connectivity index is 1.78. The first-order valence-electron chi connectivity index (χ1n) is 5.59. The molecule has 2 aromatic heterocycles. The standard InChI is InChI=1S/C9H13N7O/c1-6(17)8-4-15(13-10-8)5-9-11-12-14-16(9)7-2-3-7/h4,6-7,17H,2-3,5H2,1H3. The van der Waals surface area contributed by atoms with Crippen molar-refractivity contribution in [2.75, 3.05) is 0 Å². The van der Waals surface area contributed by atoms with E-state index in [1.807, 2.05) is 4.68 Å². The lowest BCUT2D eigenvalue weighted by molar-refractivity contribution is 0.194. The Kier molecular flexibility index (Phi) is 2.36. The van der Waals surface area contributed by atoms with Crippen LogP contribution in [-0.4, -0.2) is 40.3 Å². The summed E-state index contributed by atoms with van der Waals surface area (Å²) in [5.74, 6) is 0.773. The first-order chi connectivity index (χ1) is 8.24. The minimum Gasteiger partial charge on any atom is -0.387 e. The second-order valence-electron chi connectivity index (χ2n) is 4.29. The average Bonchev–Trinajstić information content (AvgIpc) is 2.86. The summed E-state index contributed by atoms with van der Waals surface area (Å²) in [6, 6.07) is 0.444. The van der Waals surface area contributed by atoms with Crippen LogP contribution in [0.4, 0.5) is 0 Å². The molecule has 0 amide bonds. The first-order valence-corrected chi connectivity index (χ1v) is 5.59. The van der Waals surface area contributed by atoms with Gasteiger partial charge in [-0.15, -0.1) is 10.2 Å². The van der Waals surface area contributed by atoms with Crippen LogP contribution in [0.1, 0.15) is 43.4 Å². The second-order valence-corrected chi connectivity index (χ2v) is 4.29. The van der Waals surface area contributed by atoms with Crippen LogP contribution in [0, 0.1) is 0 Å². The zero-order valence-electron chi connectivity index (χ0n) is 9.43. The van der Waals surface area contributed by atoms with Crippen molar-refractivity contribution in [3.8, 4) is 0 Å². The summed E-state index contributed by atoms with van der Waals surface area (Å²) in [6.07, 6.45) is 3.36. The van der Waals surface area contributed by atoms with Gasteiger partial charge in [-0.3, -0.25) is 0 Å². The molecule has 0 saturated heterocycles. The van der Waals surface area contributed by atoms with Gasteiger partial charge in [0.15, 0.2) is 5.82 Å². The summed E-state index contributed by atoms with van der Waals surface area (Å²) in [5.41, 5.74) is 0.551. The normalized spacial score (nSPS) is 17.3. The maximum absolute atomic E-state index is 9.35. The molecule has 1 fully saturated rings. The lowest BCUT2D eigenvalue weighted by atomic mass is 10.3. The summed E-state index contributed by atoms with van der Waals surface area (Å²) in [4.78, 5) is 0. The molecule has 17 heavy (non-hydrogen) atoms. The molecule has 8 nitrogen and oxygen atoms in total. The van der Waals surface area contributed by atoms with E-state index in [0.717, 1.165) is 18.7 Å². The molecule has 1 N–H and O–H groups in total. The molecule has 1 atom stereocenters. The molecule has 1 aliphatic rings. The smallest absolute Gasteiger partial charge is 0.173 e.